The molecule has 36 heavy (non-hydrogen) atoms. The minimum absolute atomic E-state index is 0.132. The summed E-state index contributed by atoms with van der Waals surface area (Å²) >= 11 is 1.21. The van der Waals surface area contributed by atoms with E-state index in [0.717, 1.165) is 6.07 Å². The van der Waals surface area contributed by atoms with Gasteiger partial charge in [0.1, 0.15) is 11.9 Å². The Morgan fingerprint density at radius 1 is 1.28 bits per heavy atom. The molecule has 1 aliphatic heterocycles. The zero-order chi connectivity index (χ0) is 25.7. The molecule has 0 saturated carbocycles. The average molecular weight is 519 g/mol. The van der Waals surface area contributed by atoms with Gasteiger partial charge in [-0.05, 0) is 73.7 Å². The first-order chi connectivity index (χ1) is 17.4. The zero-order valence-electron chi connectivity index (χ0n) is 20.0. The van der Waals surface area contributed by atoms with E-state index in [1.54, 1.807) is 37.6 Å². The van der Waals surface area contributed by atoms with Crippen LogP contribution >= 0.6 is 11.8 Å². The summed E-state index contributed by atoms with van der Waals surface area (Å²) in [4.78, 5) is 18.6. The predicted molar refractivity (Wildman–Crippen MR) is 134 cm³/mol. The van der Waals surface area contributed by atoms with Crippen molar-refractivity contribution >= 4 is 28.6 Å². The van der Waals surface area contributed by atoms with Gasteiger partial charge in [0, 0.05) is 35.3 Å². The van der Waals surface area contributed by atoms with Crippen LogP contribution in [0.5, 0.6) is 5.75 Å². The van der Waals surface area contributed by atoms with Gasteiger partial charge in [-0.25, -0.2) is 13.2 Å². The number of pyridine rings is 1. The minimum Gasteiger partial charge on any atom is -0.497 e. The fraction of sp³-hybridized carbons (Fsp3) is 0.407. The van der Waals surface area contributed by atoms with Crippen LogP contribution in [0.25, 0.3) is 10.9 Å². The molecule has 0 bridgehead atoms. The number of methoxy groups -OCH3 is 1. The largest absolute Gasteiger partial charge is 0.497 e. The molecule has 1 fully saturated rings. The lowest BCUT2D eigenvalue weighted by Crippen LogP contribution is -2.44. The smallest absolute Gasteiger partial charge is 0.308 e. The number of rotatable bonds is 10. The lowest BCUT2D eigenvalue weighted by atomic mass is 9.81. The van der Waals surface area contributed by atoms with Gasteiger partial charge in [-0.3, -0.25) is 9.78 Å². The quantitative estimate of drug-likeness (QED) is 0.326. The van der Waals surface area contributed by atoms with Crippen LogP contribution in [0, 0.1) is 23.5 Å². The molecule has 192 valence electrons. The lowest BCUT2D eigenvalue weighted by molar-refractivity contribution is -0.146. The number of fused-ring (bicyclic) bond motifs is 1. The van der Waals surface area contributed by atoms with Crippen molar-refractivity contribution in [1.29, 1.82) is 0 Å². The van der Waals surface area contributed by atoms with Crippen LogP contribution in [0.2, 0.25) is 0 Å². The number of aromatic nitrogens is 1. The Balaban J connectivity index is 1.33. The summed E-state index contributed by atoms with van der Waals surface area (Å²) < 4.78 is 47.9. The molecular weight excluding hydrogens is 489 g/mol. The summed E-state index contributed by atoms with van der Waals surface area (Å²) in [6, 6.07) is 11.1. The van der Waals surface area contributed by atoms with Gasteiger partial charge in [0.05, 0.1) is 18.5 Å². The number of alkyl halides is 1. The van der Waals surface area contributed by atoms with Crippen molar-refractivity contribution in [2.75, 3.05) is 32.5 Å². The number of hydrogen-bond donors (Lipinski definition) is 1. The Labute approximate surface area is 212 Å². The number of benzene rings is 2. The first-order valence-electron chi connectivity index (χ1n) is 12.0. The van der Waals surface area contributed by atoms with Gasteiger partial charge in [0.15, 0.2) is 11.6 Å². The van der Waals surface area contributed by atoms with E-state index in [4.69, 9.17) is 4.74 Å². The molecule has 1 aromatic heterocycles. The van der Waals surface area contributed by atoms with Crippen LogP contribution < -0.4 is 4.74 Å². The third-order valence-electron chi connectivity index (χ3n) is 6.85. The number of thioether (sulfide) groups is 1. The second-order valence-electron chi connectivity index (χ2n) is 9.02. The summed E-state index contributed by atoms with van der Waals surface area (Å²) in [5, 5.41) is 10.5. The third kappa shape index (κ3) is 6.13. The molecule has 0 radical (unpaired) electrons. The Kier molecular flexibility index (Phi) is 8.74. The highest BCUT2D eigenvalue weighted by Crippen LogP contribution is 2.35. The van der Waals surface area contributed by atoms with Crippen LogP contribution in [0.3, 0.4) is 0 Å². The number of likely N-dealkylation sites (tertiary alicyclic amines) is 1. The molecule has 1 aliphatic rings. The molecule has 0 spiro atoms. The molecule has 1 N–H and O–H groups in total. The number of ether oxygens (including phenoxy) is 1. The molecule has 3 aromatic rings. The molecule has 1 saturated heterocycles. The fourth-order valence-electron chi connectivity index (χ4n) is 4.84. The summed E-state index contributed by atoms with van der Waals surface area (Å²) in [7, 11) is 1.56. The first-order valence-corrected chi connectivity index (χ1v) is 12.9. The summed E-state index contributed by atoms with van der Waals surface area (Å²) in [6.07, 6.45) is 1.67. The second kappa shape index (κ2) is 12.0. The van der Waals surface area contributed by atoms with E-state index in [2.05, 4.69) is 4.98 Å². The van der Waals surface area contributed by atoms with Crippen molar-refractivity contribution in [2.45, 2.75) is 30.3 Å². The number of hydrogen-bond acceptors (Lipinski definition) is 5. The van der Waals surface area contributed by atoms with E-state index in [9.17, 15) is 18.7 Å². The Morgan fingerprint density at radius 2 is 2.11 bits per heavy atom. The predicted octanol–water partition coefficient (Wildman–Crippen LogP) is 6.13. The number of carboxylic acids is 1. The van der Waals surface area contributed by atoms with E-state index in [-0.39, 0.29) is 17.2 Å². The van der Waals surface area contributed by atoms with E-state index in [1.165, 1.54) is 23.9 Å². The Bertz CT molecular complexity index is 1210. The molecule has 3 atom stereocenters. The number of piperidine rings is 1. The van der Waals surface area contributed by atoms with Crippen molar-refractivity contribution in [1.82, 2.24) is 9.88 Å². The summed E-state index contributed by atoms with van der Waals surface area (Å²) in [5.74, 6) is -2.21. The maximum atomic E-state index is 15.4. The maximum Gasteiger partial charge on any atom is 0.308 e. The zero-order valence-corrected chi connectivity index (χ0v) is 20.8. The van der Waals surface area contributed by atoms with Crippen molar-refractivity contribution < 1.29 is 27.8 Å². The van der Waals surface area contributed by atoms with Gasteiger partial charge in [-0.15, -0.1) is 11.8 Å². The van der Waals surface area contributed by atoms with Crippen LogP contribution in [0.15, 0.2) is 53.6 Å². The number of nitrogens with zero attached hydrogens (tertiary/aromatic N) is 2. The van der Waals surface area contributed by atoms with Gasteiger partial charge < -0.3 is 14.7 Å². The molecule has 9 heteroatoms. The van der Waals surface area contributed by atoms with E-state index in [0.29, 0.717) is 60.4 Å². The SMILES string of the molecule is COc1ccc2nccc([C@H](F)CC[C@@H]3CCN(CCSc4cccc(F)c4F)C[C@@H]3C(=O)O)c2c1. The number of carbonyl (C=O) groups is 1. The van der Waals surface area contributed by atoms with Gasteiger partial charge in [-0.1, -0.05) is 6.07 Å². The monoisotopic (exact) mass is 518 g/mol. The summed E-state index contributed by atoms with van der Waals surface area (Å²) in [6.45, 7) is 1.61. The number of halogens is 3. The molecule has 0 unspecified atom stereocenters. The van der Waals surface area contributed by atoms with Crippen molar-refractivity contribution in [3.05, 3.63) is 65.9 Å². The third-order valence-corrected chi connectivity index (χ3v) is 7.86. The van der Waals surface area contributed by atoms with Gasteiger partial charge in [0.25, 0.3) is 0 Å². The molecule has 2 heterocycles. The molecule has 0 amide bonds. The normalized spacial score (nSPS) is 19.3. The van der Waals surface area contributed by atoms with Crippen LogP contribution in [-0.4, -0.2) is 53.5 Å². The standard InChI is InChI=1S/C27H29F3N2O3S/c1-35-18-6-8-24-20(15-18)19(9-11-31-24)22(28)7-5-17-10-12-32(16-21(17)27(33)34)13-14-36-25-4-2-3-23(29)26(25)30/h2-4,6,8-9,11,15,17,21-22H,5,7,10,12-14,16H2,1H3,(H,33,34)/t17-,21+,22-/m1/s1. The topological polar surface area (TPSA) is 62.7 Å². The molecule has 5 nitrogen and oxygen atoms in total. The van der Waals surface area contributed by atoms with Crippen LogP contribution in [0.1, 0.15) is 31.0 Å². The van der Waals surface area contributed by atoms with Crippen molar-refractivity contribution in [3.8, 4) is 5.75 Å². The minimum atomic E-state index is -1.24. The highest BCUT2D eigenvalue weighted by molar-refractivity contribution is 7.99. The van der Waals surface area contributed by atoms with E-state index < -0.39 is 29.7 Å². The summed E-state index contributed by atoms with van der Waals surface area (Å²) in [5.41, 5.74) is 1.22. The van der Waals surface area contributed by atoms with Crippen molar-refractivity contribution in [3.63, 3.8) is 0 Å². The van der Waals surface area contributed by atoms with Gasteiger partial charge in [0.2, 0.25) is 0 Å². The van der Waals surface area contributed by atoms with Gasteiger partial charge in [-0.2, -0.15) is 0 Å². The highest BCUT2D eigenvalue weighted by atomic mass is 32.2. The lowest BCUT2D eigenvalue weighted by Gasteiger charge is -2.36. The maximum absolute atomic E-state index is 15.4. The average Bonchev–Trinajstić information content (AvgIpc) is 2.89. The molecule has 0 aliphatic carbocycles. The van der Waals surface area contributed by atoms with E-state index in [1.807, 2.05) is 4.90 Å². The number of aliphatic carboxylic acids is 1. The van der Waals surface area contributed by atoms with E-state index >= 15 is 4.39 Å². The molecule has 4 rings (SSSR count). The number of carboxylic acid groups (broad SMARTS) is 1. The first kappa shape index (κ1) is 26.3. The fourth-order valence-corrected chi connectivity index (χ4v) is 5.81. The van der Waals surface area contributed by atoms with Crippen molar-refractivity contribution in [2.24, 2.45) is 11.8 Å². The Hall–Kier alpha value is -2.78. The second-order valence-corrected chi connectivity index (χ2v) is 10.2. The Morgan fingerprint density at radius 3 is 2.89 bits per heavy atom. The van der Waals surface area contributed by atoms with Crippen LogP contribution in [0.4, 0.5) is 13.2 Å². The highest BCUT2D eigenvalue weighted by Gasteiger charge is 2.34. The van der Waals surface area contributed by atoms with Crippen LogP contribution in [-0.2, 0) is 4.79 Å². The molecular formula is C27H29F3N2O3S. The molecule has 2 aromatic carbocycles. The van der Waals surface area contributed by atoms with Gasteiger partial charge >= 0.3 is 5.97 Å².